The summed E-state index contributed by atoms with van der Waals surface area (Å²) in [5.41, 5.74) is 0. The van der Waals surface area contributed by atoms with Crippen LogP contribution in [-0.2, 0) is 0 Å². The zero-order chi connectivity index (χ0) is 5.54. The molecule has 0 saturated heterocycles. The van der Waals surface area contributed by atoms with E-state index in [0.29, 0.717) is 0 Å². The Kier molecular flexibility index (Phi) is 6.24. The van der Waals surface area contributed by atoms with Gasteiger partial charge in [0.25, 0.3) is 0 Å². The monoisotopic (exact) mass is 94.1 g/mol. The Balaban J connectivity index is 2.69. The van der Waals surface area contributed by atoms with Gasteiger partial charge in [-0.2, -0.15) is 0 Å². The van der Waals surface area contributed by atoms with E-state index in [1.807, 2.05) is 0 Å². The molecule has 0 radical (unpaired) electrons. The molecule has 7 heavy (non-hydrogen) atoms. The standard InChI is InChI=1S/C5H12B2/c1-3-4-5-7-6-2/h3-5H2,1-2H3. The Morgan fingerprint density at radius 3 is 2.57 bits per heavy atom. The van der Waals surface area contributed by atoms with Crippen LogP contribution in [0.25, 0.3) is 0 Å². The molecule has 0 aliphatic heterocycles. The van der Waals surface area contributed by atoms with Crippen LogP contribution in [0.15, 0.2) is 0 Å². The molecule has 0 amide bonds. The van der Waals surface area contributed by atoms with Crippen molar-refractivity contribution in [3.8, 4) is 0 Å². The first-order valence-corrected chi connectivity index (χ1v) is 3.03. The van der Waals surface area contributed by atoms with Crippen molar-refractivity contribution in [1.82, 2.24) is 0 Å². The summed E-state index contributed by atoms with van der Waals surface area (Å²) < 4.78 is 0. The fourth-order valence-corrected chi connectivity index (χ4v) is 0.489. The topological polar surface area (TPSA) is 0 Å². The van der Waals surface area contributed by atoms with E-state index < -0.39 is 0 Å². The van der Waals surface area contributed by atoms with Crippen LogP contribution in [0.1, 0.15) is 19.8 Å². The molecule has 0 aromatic heterocycles. The molecule has 0 unspecified atom stereocenters. The third kappa shape index (κ3) is 6.13. The SMILES string of the molecule is C/B=B\CCCC. The second-order valence-electron chi connectivity index (χ2n) is 1.71. The molecular formula is C5H12B2. The summed E-state index contributed by atoms with van der Waals surface area (Å²) in [7, 11) is 0. The fraction of sp³-hybridized carbons (Fsp3) is 1.00. The van der Waals surface area contributed by atoms with E-state index in [9.17, 15) is 0 Å². The second-order valence-corrected chi connectivity index (χ2v) is 1.71. The van der Waals surface area contributed by atoms with Crippen LogP contribution in [0.3, 0.4) is 0 Å². The van der Waals surface area contributed by atoms with Gasteiger partial charge in [-0.15, -0.1) is 0 Å². The first-order valence-electron chi connectivity index (χ1n) is 3.03. The summed E-state index contributed by atoms with van der Waals surface area (Å²) in [4.78, 5) is 0. The van der Waals surface area contributed by atoms with E-state index >= 15 is 0 Å². The third-order valence-electron chi connectivity index (χ3n) is 0.960. The number of hydrogen-bond donors (Lipinski definition) is 0. The van der Waals surface area contributed by atoms with Gasteiger partial charge in [0, 0.05) is 0 Å². The number of rotatable bonds is 3. The summed E-state index contributed by atoms with van der Waals surface area (Å²) >= 11 is 0. The molecule has 0 heterocycles. The second kappa shape index (κ2) is 6.13. The molecule has 0 aromatic rings. The molecule has 0 rings (SSSR count). The molecule has 0 fully saturated rings. The van der Waals surface area contributed by atoms with Gasteiger partial charge in [-0.25, -0.2) is 0 Å². The van der Waals surface area contributed by atoms with Crippen LogP contribution in [0.5, 0.6) is 0 Å². The van der Waals surface area contributed by atoms with Crippen LogP contribution in [-0.4, -0.2) is 13.6 Å². The van der Waals surface area contributed by atoms with Gasteiger partial charge >= 0.3 is 46.5 Å². The summed E-state index contributed by atoms with van der Waals surface area (Å²) in [5, 5.41) is 0. The zero-order valence-corrected chi connectivity index (χ0v) is 5.28. The zero-order valence-electron chi connectivity index (χ0n) is 5.28. The molecule has 0 aliphatic rings. The van der Waals surface area contributed by atoms with Gasteiger partial charge in [0.15, 0.2) is 0 Å². The predicted molar refractivity (Wildman–Crippen MR) is 37.1 cm³/mol. The quantitative estimate of drug-likeness (QED) is 0.367. The Labute approximate surface area is 47.4 Å². The van der Waals surface area contributed by atoms with Gasteiger partial charge in [-0.1, -0.05) is 0 Å². The molecule has 2 heteroatoms. The van der Waals surface area contributed by atoms with Gasteiger partial charge in [0.2, 0.25) is 0 Å². The van der Waals surface area contributed by atoms with Crippen LogP contribution >= 0.6 is 0 Å². The average Bonchev–Trinajstić information content (AvgIpc) is 1.69. The normalized spacial score (nSPS) is 8.29. The molecule has 0 atom stereocenters. The van der Waals surface area contributed by atoms with Crippen molar-refractivity contribution >= 4 is 13.6 Å². The summed E-state index contributed by atoms with van der Waals surface area (Å²) in [5.74, 6) is 0. The van der Waals surface area contributed by atoms with Crippen LogP contribution in [0.4, 0.5) is 0 Å². The van der Waals surface area contributed by atoms with Crippen LogP contribution < -0.4 is 0 Å². The van der Waals surface area contributed by atoms with Crippen molar-refractivity contribution in [3.63, 3.8) is 0 Å². The summed E-state index contributed by atoms with van der Waals surface area (Å²) in [6.07, 6.45) is 3.90. The minimum absolute atomic E-state index is 1.26. The molecule has 0 aromatic carbocycles. The maximum atomic E-state index is 2.21. The first-order chi connectivity index (χ1) is 3.41. The Morgan fingerprint density at radius 2 is 2.14 bits per heavy atom. The van der Waals surface area contributed by atoms with Gasteiger partial charge in [0.05, 0.1) is 0 Å². The Hall–Kier alpha value is 0.130. The van der Waals surface area contributed by atoms with E-state index in [1.54, 1.807) is 0 Å². The van der Waals surface area contributed by atoms with E-state index in [0.717, 1.165) is 0 Å². The third-order valence-corrected chi connectivity index (χ3v) is 0.960. The molecular weight excluding hydrogens is 81.7 g/mol. The van der Waals surface area contributed by atoms with Crippen molar-refractivity contribution in [3.05, 3.63) is 0 Å². The molecule has 0 N–H and O–H groups in total. The number of unbranched alkanes of at least 4 members (excludes halogenated alkanes) is 1. The summed E-state index contributed by atoms with van der Waals surface area (Å²) in [6.45, 7) is 8.60. The van der Waals surface area contributed by atoms with Crippen LogP contribution in [0, 0.1) is 0 Å². The summed E-state index contributed by atoms with van der Waals surface area (Å²) in [6, 6.07) is 0. The molecule has 0 nitrogen and oxygen atoms in total. The van der Waals surface area contributed by atoms with Crippen molar-refractivity contribution in [2.75, 3.05) is 0 Å². The van der Waals surface area contributed by atoms with E-state index in [-0.39, 0.29) is 0 Å². The Bertz CT molecular complexity index is 50.0. The predicted octanol–water partition coefficient (Wildman–Crippen LogP) is 1.58. The maximum absolute atomic E-state index is 2.21. The minimum atomic E-state index is 1.26. The molecule has 0 spiro atoms. The fourth-order valence-electron chi connectivity index (χ4n) is 0.489. The molecule has 0 bridgehead atoms. The Morgan fingerprint density at radius 1 is 1.43 bits per heavy atom. The van der Waals surface area contributed by atoms with Crippen molar-refractivity contribution in [2.45, 2.75) is 32.9 Å². The van der Waals surface area contributed by atoms with Crippen LogP contribution in [0.2, 0.25) is 13.1 Å². The van der Waals surface area contributed by atoms with Gasteiger partial charge in [0.1, 0.15) is 0 Å². The van der Waals surface area contributed by atoms with E-state index in [4.69, 9.17) is 0 Å². The van der Waals surface area contributed by atoms with Gasteiger partial charge in [-0.3, -0.25) is 0 Å². The van der Waals surface area contributed by atoms with E-state index in [2.05, 4.69) is 27.4 Å². The van der Waals surface area contributed by atoms with Gasteiger partial charge in [-0.05, 0) is 0 Å². The molecule has 0 saturated carbocycles. The molecule has 0 aliphatic carbocycles. The van der Waals surface area contributed by atoms with Crippen molar-refractivity contribution in [1.29, 1.82) is 0 Å². The van der Waals surface area contributed by atoms with Crippen molar-refractivity contribution < 1.29 is 0 Å². The van der Waals surface area contributed by atoms with E-state index in [1.165, 1.54) is 19.2 Å². The average molecular weight is 93.8 g/mol. The van der Waals surface area contributed by atoms with Gasteiger partial charge < -0.3 is 0 Å². The van der Waals surface area contributed by atoms with Crippen molar-refractivity contribution in [2.24, 2.45) is 0 Å². The molecule has 38 valence electrons. The first kappa shape index (κ1) is 7.13. The number of hydrogen-bond acceptors (Lipinski definition) is 0.